The van der Waals surface area contributed by atoms with Gasteiger partial charge >= 0.3 is 0 Å². The van der Waals surface area contributed by atoms with E-state index in [0.717, 1.165) is 33.4 Å². The molecule has 0 radical (unpaired) electrons. The first-order valence-electron chi connectivity index (χ1n) is 12.9. The number of aromatic nitrogens is 4. The van der Waals surface area contributed by atoms with Crippen molar-refractivity contribution in [2.75, 3.05) is 5.32 Å². The largest absolute Gasteiger partial charge is 0.294 e. The quantitative estimate of drug-likeness (QED) is 0.286. The zero-order valence-corrected chi connectivity index (χ0v) is 21.8. The van der Waals surface area contributed by atoms with Crippen LogP contribution in [-0.2, 0) is 11.8 Å². The van der Waals surface area contributed by atoms with Crippen LogP contribution in [0.2, 0.25) is 0 Å². The lowest BCUT2D eigenvalue weighted by Gasteiger charge is -2.25. The molecule has 6 rings (SSSR count). The van der Waals surface area contributed by atoms with Crippen molar-refractivity contribution in [3.8, 4) is 11.3 Å². The summed E-state index contributed by atoms with van der Waals surface area (Å²) in [5, 5.41) is 4.17. The zero-order chi connectivity index (χ0) is 26.3. The van der Waals surface area contributed by atoms with E-state index in [1.165, 1.54) is 5.56 Å². The van der Waals surface area contributed by atoms with E-state index in [1.807, 2.05) is 54.6 Å². The standard InChI is InChI=1S/C32H29N5O/c1-32(2,3)23-15-13-20(14-16-23)22-17-27-25(28(38)18-22)19-33-30(35-27)37-31-34-26-12-8-7-11-24(26)29(36-31)21-9-5-4-6-10-21/h4-16,19,22H,17-18H2,1-3H3,(H,33,34,35,36,37). The molecular weight excluding hydrogens is 470 g/mol. The van der Waals surface area contributed by atoms with Crippen LogP contribution in [0.15, 0.2) is 85.1 Å². The number of rotatable bonds is 4. The van der Waals surface area contributed by atoms with Gasteiger partial charge in [-0.3, -0.25) is 10.1 Å². The molecule has 1 aliphatic carbocycles. The average molecular weight is 500 g/mol. The van der Waals surface area contributed by atoms with Crippen molar-refractivity contribution in [3.05, 3.63) is 107 Å². The van der Waals surface area contributed by atoms with Crippen LogP contribution in [0.25, 0.3) is 22.2 Å². The van der Waals surface area contributed by atoms with Crippen LogP contribution < -0.4 is 5.32 Å². The maximum absolute atomic E-state index is 13.0. The van der Waals surface area contributed by atoms with Crippen LogP contribution in [-0.4, -0.2) is 25.7 Å². The summed E-state index contributed by atoms with van der Waals surface area (Å²) in [6, 6.07) is 26.6. The van der Waals surface area contributed by atoms with Crippen molar-refractivity contribution < 1.29 is 4.79 Å². The minimum Gasteiger partial charge on any atom is -0.294 e. The van der Waals surface area contributed by atoms with Gasteiger partial charge in [0.1, 0.15) is 0 Å². The number of Topliss-reactive ketones (excluding diaryl/α,β-unsaturated/α-hetero) is 1. The highest BCUT2D eigenvalue weighted by Crippen LogP contribution is 2.34. The molecule has 188 valence electrons. The van der Waals surface area contributed by atoms with Gasteiger partial charge in [-0.15, -0.1) is 0 Å². The smallest absolute Gasteiger partial charge is 0.230 e. The van der Waals surface area contributed by atoms with E-state index >= 15 is 0 Å². The van der Waals surface area contributed by atoms with Gasteiger partial charge in [0.2, 0.25) is 11.9 Å². The Morgan fingerprint density at radius 3 is 2.29 bits per heavy atom. The van der Waals surface area contributed by atoms with Crippen LogP contribution in [0.3, 0.4) is 0 Å². The summed E-state index contributed by atoms with van der Waals surface area (Å²) in [4.78, 5) is 31.7. The van der Waals surface area contributed by atoms with E-state index in [9.17, 15) is 4.79 Å². The first-order chi connectivity index (χ1) is 18.3. The maximum Gasteiger partial charge on any atom is 0.230 e. The van der Waals surface area contributed by atoms with Crippen LogP contribution in [0, 0.1) is 0 Å². The topological polar surface area (TPSA) is 80.7 Å². The molecule has 2 heterocycles. The van der Waals surface area contributed by atoms with E-state index < -0.39 is 0 Å². The van der Waals surface area contributed by atoms with Gasteiger partial charge in [-0.1, -0.05) is 93.6 Å². The average Bonchev–Trinajstić information content (AvgIpc) is 2.92. The van der Waals surface area contributed by atoms with Crippen LogP contribution >= 0.6 is 0 Å². The fraction of sp³-hybridized carbons (Fsp3) is 0.219. The third kappa shape index (κ3) is 4.65. The number of fused-ring (bicyclic) bond motifs is 2. The summed E-state index contributed by atoms with van der Waals surface area (Å²) >= 11 is 0. The molecule has 5 aromatic rings. The lowest BCUT2D eigenvalue weighted by atomic mass is 9.80. The van der Waals surface area contributed by atoms with Crippen molar-refractivity contribution in [3.63, 3.8) is 0 Å². The molecule has 1 aliphatic rings. The van der Waals surface area contributed by atoms with Gasteiger partial charge < -0.3 is 0 Å². The maximum atomic E-state index is 13.0. The van der Waals surface area contributed by atoms with E-state index in [-0.39, 0.29) is 17.1 Å². The molecule has 0 fully saturated rings. The number of carbonyl (C=O) groups is 1. The van der Waals surface area contributed by atoms with Gasteiger partial charge in [0, 0.05) is 23.6 Å². The number of hydrogen-bond donors (Lipinski definition) is 1. The van der Waals surface area contributed by atoms with Crippen LogP contribution in [0.5, 0.6) is 0 Å². The Balaban J connectivity index is 1.31. The number of hydrogen-bond acceptors (Lipinski definition) is 6. The monoisotopic (exact) mass is 499 g/mol. The van der Waals surface area contributed by atoms with Gasteiger partial charge in [-0.25, -0.2) is 19.9 Å². The first kappa shape index (κ1) is 23.9. The second kappa shape index (κ2) is 9.45. The fourth-order valence-corrected chi connectivity index (χ4v) is 5.04. The van der Waals surface area contributed by atoms with E-state index in [4.69, 9.17) is 15.0 Å². The van der Waals surface area contributed by atoms with Crippen molar-refractivity contribution in [1.82, 2.24) is 19.9 Å². The van der Waals surface area contributed by atoms with Crippen molar-refractivity contribution in [1.29, 1.82) is 0 Å². The number of anilines is 2. The van der Waals surface area contributed by atoms with Gasteiger partial charge in [0.15, 0.2) is 5.78 Å². The molecule has 0 amide bonds. The molecule has 1 atom stereocenters. The Kier molecular flexibility index (Phi) is 5.95. The molecule has 6 nitrogen and oxygen atoms in total. The van der Waals surface area contributed by atoms with Crippen molar-refractivity contribution in [2.24, 2.45) is 0 Å². The third-order valence-electron chi connectivity index (χ3n) is 7.16. The van der Waals surface area contributed by atoms with Crippen LogP contribution in [0.1, 0.15) is 60.3 Å². The molecule has 0 spiro atoms. The minimum atomic E-state index is 0.0796. The lowest BCUT2D eigenvalue weighted by Crippen LogP contribution is -2.21. The predicted octanol–water partition coefficient (Wildman–Crippen LogP) is 7.04. The van der Waals surface area contributed by atoms with Crippen molar-refractivity contribution >= 4 is 28.6 Å². The fourth-order valence-electron chi connectivity index (χ4n) is 5.04. The van der Waals surface area contributed by atoms with Gasteiger partial charge in [0.05, 0.1) is 22.5 Å². The number of para-hydroxylation sites is 1. The highest BCUT2D eigenvalue weighted by molar-refractivity contribution is 5.98. The highest BCUT2D eigenvalue weighted by atomic mass is 16.1. The van der Waals surface area contributed by atoms with Gasteiger partial charge in [-0.05, 0) is 34.9 Å². The summed E-state index contributed by atoms with van der Waals surface area (Å²) in [5.74, 6) is 0.970. The Hall–Kier alpha value is -4.45. The molecule has 0 saturated heterocycles. The predicted molar refractivity (Wildman–Crippen MR) is 151 cm³/mol. The summed E-state index contributed by atoms with van der Waals surface area (Å²) in [5.41, 5.74) is 6.56. The number of carbonyl (C=O) groups excluding carboxylic acids is 1. The molecular formula is C32H29N5O. The lowest BCUT2D eigenvalue weighted by molar-refractivity contribution is 0.0962. The normalized spacial score (nSPS) is 15.3. The van der Waals surface area contributed by atoms with E-state index in [1.54, 1.807) is 6.20 Å². The first-order valence-corrected chi connectivity index (χ1v) is 12.9. The molecule has 2 aromatic heterocycles. The molecule has 1 N–H and O–H groups in total. The van der Waals surface area contributed by atoms with Gasteiger partial charge in [-0.2, -0.15) is 0 Å². The molecule has 6 heteroatoms. The highest BCUT2D eigenvalue weighted by Gasteiger charge is 2.28. The molecule has 0 saturated carbocycles. The summed E-state index contributed by atoms with van der Waals surface area (Å²) in [6.45, 7) is 6.61. The Labute approximate surface area is 222 Å². The minimum absolute atomic E-state index is 0.0796. The summed E-state index contributed by atoms with van der Waals surface area (Å²) < 4.78 is 0. The SMILES string of the molecule is CC(C)(C)c1ccc(C2CC(=O)c3cnc(Nc4nc(-c5ccccc5)c5ccccc5n4)nc3C2)cc1. The second-order valence-electron chi connectivity index (χ2n) is 10.9. The molecule has 0 aliphatic heterocycles. The Morgan fingerprint density at radius 1 is 0.789 bits per heavy atom. The van der Waals surface area contributed by atoms with E-state index in [0.29, 0.717) is 30.3 Å². The Morgan fingerprint density at radius 2 is 1.53 bits per heavy atom. The second-order valence-corrected chi connectivity index (χ2v) is 10.9. The molecule has 38 heavy (non-hydrogen) atoms. The number of nitrogens with zero attached hydrogens (tertiary/aromatic N) is 4. The molecule has 1 unspecified atom stereocenters. The summed E-state index contributed by atoms with van der Waals surface area (Å²) in [6.07, 6.45) is 2.78. The summed E-state index contributed by atoms with van der Waals surface area (Å²) in [7, 11) is 0. The molecule has 3 aromatic carbocycles. The van der Waals surface area contributed by atoms with E-state index in [2.05, 4.69) is 55.3 Å². The van der Waals surface area contributed by atoms with Gasteiger partial charge in [0.25, 0.3) is 0 Å². The number of nitrogens with one attached hydrogen (secondary N) is 1. The number of benzene rings is 3. The Bertz CT molecular complexity index is 1640. The third-order valence-corrected chi connectivity index (χ3v) is 7.16. The van der Waals surface area contributed by atoms with Crippen molar-refractivity contribution in [2.45, 2.75) is 44.9 Å². The zero-order valence-electron chi connectivity index (χ0n) is 21.8. The molecule has 0 bridgehead atoms. The van der Waals surface area contributed by atoms with Crippen LogP contribution in [0.4, 0.5) is 11.9 Å². The number of ketones is 1.